The van der Waals surface area contributed by atoms with E-state index in [2.05, 4.69) is 10.3 Å². The Hall–Kier alpha value is -2.18. The van der Waals surface area contributed by atoms with Crippen molar-refractivity contribution >= 4 is 22.2 Å². The second-order valence-electron chi connectivity index (χ2n) is 6.16. The van der Waals surface area contributed by atoms with Crippen molar-refractivity contribution < 1.29 is 9.90 Å². The van der Waals surface area contributed by atoms with E-state index in [0.717, 1.165) is 21.9 Å². The molecule has 5 nitrogen and oxygen atoms in total. The summed E-state index contributed by atoms with van der Waals surface area (Å²) in [5.74, 6) is -0.182. The Morgan fingerprint density at radius 3 is 2.65 bits per heavy atom. The van der Waals surface area contributed by atoms with Crippen LogP contribution in [0.25, 0.3) is 16.2 Å². The Kier molecular flexibility index (Phi) is 3.95. The first-order valence-corrected chi connectivity index (χ1v) is 8.20. The summed E-state index contributed by atoms with van der Waals surface area (Å²) in [6.07, 6.45) is 1.95. The molecule has 0 fully saturated rings. The summed E-state index contributed by atoms with van der Waals surface area (Å²) in [6.45, 7) is 5.36. The number of fused-ring (bicyclic) bond motifs is 1. The first kappa shape index (κ1) is 15.7. The third-order valence-corrected chi connectivity index (χ3v) is 4.84. The molecular formula is C17H19N3O2S. The fourth-order valence-electron chi connectivity index (χ4n) is 2.31. The quantitative estimate of drug-likeness (QED) is 0.773. The van der Waals surface area contributed by atoms with Crippen molar-refractivity contribution in [3.63, 3.8) is 0 Å². The van der Waals surface area contributed by atoms with E-state index < -0.39 is 5.54 Å². The summed E-state index contributed by atoms with van der Waals surface area (Å²) in [5, 5.41) is 12.1. The van der Waals surface area contributed by atoms with Gasteiger partial charge in [-0.25, -0.2) is 4.98 Å². The van der Waals surface area contributed by atoms with E-state index >= 15 is 0 Å². The summed E-state index contributed by atoms with van der Waals surface area (Å²) in [6, 6.07) is 9.95. The minimum absolute atomic E-state index is 0.113. The number of carbonyl (C=O) groups is 1. The molecule has 0 aliphatic heterocycles. The molecule has 2 aromatic heterocycles. The van der Waals surface area contributed by atoms with Gasteiger partial charge in [-0.1, -0.05) is 41.7 Å². The lowest BCUT2D eigenvalue weighted by Gasteiger charge is -2.23. The van der Waals surface area contributed by atoms with Crippen molar-refractivity contribution in [2.24, 2.45) is 0 Å². The molecule has 0 saturated heterocycles. The van der Waals surface area contributed by atoms with Crippen LogP contribution in [0, 0.1) is 6.92 Å². The number of nitrogens with one attached hydrogen (secondary N) is 1. The molecule has 3 rings (SSSR count). The van der Waals surface area contributed by atoms with E-state index in [9.17, 15) is 9.90 Å². The van der Waals surface area contributed by atoms with Crippen molar-refractivity contribution in [2.45, 2.75) is 26.3 Å². The lowest BCUT2D eigenvalue weighted by molar-refractivity contribution is 0.0872. The summed E-state index contributed by atoms with van der Waals surface area (Å²) in [5.41, 5.74) is 2.15. The molecule has 0 aliphatic rings. The fraction of sp³-hybridized carbons (Fsp3) is 0.294. The molecule has 23 heavy (non-hydrogen) atoms. The van der Waals surface area contributed by atoms with Gasteiger partial charge in [0.1, 0.15) is 4.88 Å². The maximum absolute atomic E-state index is 12.4. The number of thiazole rings is 1. The van der Waals surface area contributed by atoms with Crippen LogP contribution < -0.4 is 5.32 Å². The molecule has 0 unspecified atom stereocenters. The van der Waals surface area contributed by atoms with Gasteiger partial charge >= 0.3 is 0 Å². The first-order valence-electron chi connectivity index (χ1n) is 7.38. The third-order valence-electron chi connectivity index (χ3n) is 3.68. The molecule has 0 radical (unpaired) electrons. The standard InChI is InChI=1S/C17H19N3O2S/c1-11-14(15(22)19-17(2,3)10-21)23-16-18-13(9-20(11)16)12-7-5-4-6-8-12/h4-9,21H,10H2,1-3H3,(H,19,22). The Balaban J connectivity index is 1.95. The molecule has 120 valence electrons. The minimum Gasteiger partial charge on any atom is -0.394 e. The molecule has 3 aromatic rings. The molecule has 2 heterocycles. The largest absolute Gasteiger partial charge is 0.394 e. The number of rotatable bonds is 4. The van der Waals surface area contributed by atoms with Crippen molar-refractivity contribution in [3.8, 4) is 11.3 Å². The number of benzene rings is 1. The van der Waals surface area contributed by atoms with E-state index in [-0.39, 0.29) is 12.5 Å². The molecule has 0 bridgehead atoms. The molecule has 2 N–H and O–H groups in total. The van der Waals surface area contributed by atoms with Gasteiger partial charge in [0.25, 0.3) is 5.91 Å². The van der Waals surface area contributed by atoms with E-state index in [1.807, 2.05) is 47.9 Å². The number of carbonyl (C=O) groups excluding carboxylic acids is 1. The molecule has 1 amide bonds. The van der Waals surface area contributed by atoms with Crippen LogP contribution in [0.3, 0.4) is 0 Å². The van der Waals surface area contributed by atoms with Crippen molar-refractivity contribution in [3.05, 3.63) is 47.1 Å². The van der Waals surface area contributed by atoms with Crippen LogP contribution in [-0.2, 0) is 0 Å². The third kappa shape index (κ3) is 3.00. The lowest BCUT2D eigenvalue weighted by atomic mass is 10.1. The van der Waals surface area contributed by atoms with E-state index in [1.54, 1.807) is 13.8 Å². The number of aromatic nitrogens is 2. The predicted molar refractivity (Wildman–Crippen MR) is 91.9 cm³/mol. The van der Waals surface area contributed by atoms with Gasteiger partial charge < -0.3 is 10.4 Å². The molecule has 0 aliphatic carbocycles. The highest BCUT2D eigenvalue weighted by molar-refractivity contribution is 7.19. The highest BCUT2D eigenvalue weighted by atomic mass is 32.1. The fourth-order valence-corrected chi connectivity index (χ4v) is 3.32. The van der Waals surface area contributed by atoms with Crippen LogP contribution in [0.15, 0.2) is 36.5 Å². The van der Waals surface area contributed by atoms with E-state index in [0.29, 0.717) is 4.88 Å². The van der Waals surface area contributed by atoms with Crippen LogP contribution in [0.2, 0.25) is 0 Å². The highest BCUT2D eigenvalue weighted by Gasteiger charge is 2.24. The average molecular weight is 329 g/mol. The van der Waals surface area contributed by atoms with Gasteiger partial charge in [-0.3, -0.25) is 9.20 Å². The van der Waals surface area contributed by atoms with Crippen LogP contribution in [0.4, 0.5) is 0 Å². The Bertz CT molecular complexity index is 849. The molecule has 0 atom stereocenters. The SMILES string of the molecule is Cc1c(C(=O)NC(C)(C)CO)sc2nc(-c3ccccc3)cn12. The molecule has 0 spiro atoms. The smallest absolute Gasteiger partial charge is 0.263 e. The normalized spacial score (nSPS) is 11.8. The predicted octanol–water partition coefficient (Wildman–Crippen LogP) is 2.87. The summed E-state index contributed by atoms with van der Waals surface area (Å²) in [4.78, 5) is 18.4. The summed E-state index contributed by atoms with van der Waals surface area (Å²) >= 11 is 1.36. The van der Waals surface area contributed by atoms with Crippen molar-refractivity contribution in [1.29, 1.82) is 0 Å². The van der Waals surface area contributed by atoms with Gasteiger partial charge in [0, 0.05) is 17.5 Å². The van der Waals surface area contributed by atoms with Crippen molar-refractivity contribution in [2.75, 3.05) is 6.61 Å². The maximum Gasteiger partial charge on any atom is 0.263 e. The Labute approximate surface area is 138 Å². The Morgan fingerprint density at radius 1 is 1.35 bits per heavy atom. The molecular weight excluding hydrogens is 310 g/mol. The van der Waals surface area contributed by atoms with Gasteiger partial charge in [0.05, 0.1) is 17.8 Å². The van der Waals surface area contributed by atoms with Gasteiger partial charge in [-0.15, -0.1) is 0 Å². The van der Waals surface area contributed by atoms with Crippen LogP contribution >= 0.6 is 11.3 Å². The maximum atomic E-state index is 12.4. The van der Waals surface area contributed by atoms with E-state index in [1.165, 1.54) is 11.3 Å². The van der Waals surface area contributed by atoms with Crippen LogP contribution in [0.5, 0.6) is 0 Å². The summed E-state index contributed by atoms with van der Waals surface area (Å²) < 4.78 is 1.94. The second kappa shape index (κ2) is 5.79. The van der Waals surface area contributed by atoms with Crippen LogP contribution in [0.1, 0.15) is 29.2 Å². The average Bonchev–Trinajstić information content (AvgIpc) is 3.08. The minimum atomic E-state index is -0.648. The zero-order valence-electron chi connectivity index (χ0n) is 13.3. The van der Waals surface area contributed by atoms with Gasteiger partial charge in [0.15, 0.2) is 4.96 Å². The van der Waals surface area contributed by atoms with Gasteiger partial charge in [-0.05, 0) is 20.8 Å². The number of amides is 1. The molecule has 6 heteroatoms. The van der Waals surface area contributed by atoms with E-state index in [4.69, 9.17) is 0 Å². The zero-order valence-corrected chi connectivity index (χ0v) is 14.1. The molecule has 1 aromatic carbocycles. The number of aliphatic hydroxyl groups is 1. The monoisotopic (exact) mass is 329 g/mol. The zero-order chi connectivity index (χ0) is 16.6. The second-order valence-corrected chi connectivity index (χ2v) is 7.13. The number of hydrogen-bond donors (Lipinski definition) is 2. The highest BCUT2D eigenvalue weighted by Crippen LogP contribution is 2.27. The number of aliphatic hydroxyl groups excluding tert-OH is 1. The number of nitrogens with zero attached hydrogens (tertiary/aromatic N) is 2. The first-order chi connectivity index (χ1) is 10.9. The number of aryl methyl sites for hydroxylation is 1. The number of hydrogen-bond acceptors (Lipinski definition) is 4. The van der Waals surface area contributed by atoms with Gasteiger partial charge in [-0.2, -0.15) is 0 Å². The van der Waals surface area contributed by atoms with Crippen LogP contribution in [-0.4, -0.2) is 32.5 Å². The lowest BCUT2D eigenvalue weighted by Crippen LogP contribution is -2.46. The summed E-state index contributed by atoms with van der Waals surface area (Å²) in [7, 11) is 0. The molecule has 0 saturated carbocycles. The number of imidazole rings is 1. The van der Waals surface area contributed by atoms with Gasteiger partial charge in [0.2, 0.25) is 0 Å². The topological polar surface area (TPSA) is 66.6 Å². The Morgan fingerprint density at radius 2 is 2.04 bits per heavy atom. The van der Waals surface area contributed by atoms with Crippen molar-refractivity contribution in [1.82, 2.24) is 14.7 Å².